The van der Waals surface area contributed by atoms with Crippen LogP contribution < -0.4 is 4.72 Å². The Bertz CT molecular complexity index is 542. The Kier molecular flexibility index (Phi) is 6.19. The summed E-state index contributed by atoms with van der Waals surface area (Å²) in [4.78, 5) is 3.30. The van der Waals surface area contributed by atoms with E-state index in [9.17, 15) is 13.5 Å². The predicted octanol–water partition coefficient (Wildman–Crippen LogP) is 1.57. The highest BCUT2D eigenvalue weighted by Crippen LogP contribution is 2.20. The zero-order valence-electron chi connectivity index (χ0n) is 12.4. The molecule has 0 saturated carbocycles. The van der Waals surface area contributed by atoms with Gasteiger partial charge in [0.15, 0.2) is 0 Å². The number of aliphatic hydroxyl groups excluding tert-OH is 1. The summed E-state index contributed by atoms with van der Waals surface area (Å²) < 4.78 is 27.1. The first-order valence-corrected chi connectivity index (χ1v) is 9.74. The van der Waals surface area contributed by atoms with Gasteiger partial charge in [-0.15, -0.1) is 11.3 Å². The summed E-state index contributed by atoms with van der Waals surface area (Å²) in [6, 6.07) is 3.77. The number of aliphatic hydroxyl groups is 1. The van der Waals surface area contributed by atoms with Gasteiger partial charge < -0.3 is 5.11 Å². The Morgan fingerprint density at radius 3 is 2.90 bits per heavy atom. The summed E-state index contributed by atoms with van der Waals surface area (Å²) in [6.45, 7) is 4.58. The first-order chi connectivity index (χ1) is 10.0. The van der Waals surface area contributed by atoms with Crippen LogP contribution in [-0.4, -0.2) is 50.7 Å². The van der Waals surface area contributed by atoms with Crippen molar-refractivity contribution in [3.05, 3.63) is 17.0 Å². The number of unbranched alkanes of at least 4 members (excludes halogenated alkanes) is 1. The fourth-order valence-electron chi connectivity index (χ4n) is 2.67. The molecule has 5 nitrogen and oxygen atoms in total. The highest BCUT2D eigenvalue weighted by Gasteiger charge is 2.22. The zero-order valence-corrected chi connectivity index (χ0v) is 14.0. The second-order valence-corrected chi connectivity index (χ2v) is 8.77. The van der Waals surface area contributed by atoms with E-state index in [1.165, 1.54) is 11.3 Å². The van der Waals surface area contributed by atoms with E-state index in [1.807, 2.05) is 13.0 Å². The number of rotatable bonds is 8. The summed E-state index contributed by atoms with van der Waals surface area (Å²) in [5, 5.41) is 9.24. The number of hydrogen-bond donors (Lipinski definition) is 2. The summed E-state index contributed by atoms with van der Waals surface area (Å²) in [6.07, 6.45) is 3.98. The van der Waals surface area contributed by atoms with E-state index < -0.39 is 10.0 Å². The lowest BCUT2D eigenvalue weighted by Gasteiger charge is -2.22. The van der Waals surface area contributed by atoms with Gasteiger partial charge in [-0.1, -0.05) is 0 Å². The van der Waals surface area contributed by atoms with Crippen LogP contribution in [0.1, 0.15) is 30.6 Å². The van der Waals surface area contributed by atoms with E-state index in [2.05, 4.69) is 9.62 Å². The van der Waals surface area contributed by atoms with Crippen molar-refractivity contribution in [2.75, 3.05) is 26.2 Å². The quantitative estimate of drug-likeness (QED) is 0.709. The van der Waals surface area contributed by atoms with Gasteiger partial charge in [-0.2, -0.15) is 0 Å². The highest BCUT2D eigenvalue weighted by atomic mass is 32.2. The van der Waals surface area contributed by atoms with E-state index in [0.717, 1.165) is 43.6 Å². The molecule has 1 atom stereocenters. The molecule has 0 spiro atoms. The molecule has 1 saturated heterocycles. The van der Waals surface area contributed by atoms with Crippen molar-refractivity contribution >= 4 is 21.4 Å². The van der Waals surface area contributed by atoms with Crippen LogP contribution in [0.5, 0.6) is 0 Å². The molecule has 0 radical (unpaired) electrons. The third-order valence-electron chi connectivity index (χ3n) is 3.85. The van der Waals surface area contributed by atoms with Crippen molar-refractivity contribution in [3.63, 3.8) is 0 Å². The van der Waals surface area contributed by atoms with Gasteiger partial charge in [-0.3, -0.25) is 4.90 Å². The number of likely N-dealkylation sites (tertiary alicyclic amines) is 1. The maximum Gasteiger partial charge on any atom is 0.250 e. The Morgan fingerprint density at radius 1 is 1.43 bits per heavy atom. The minimum absolute atomic E-state index is 0.227. The van der Waals surface area contributed by atoms with Gasteiger partial charge in [0.05, 0.1) is 6.61 Å². The zero-order chi connectivity index (χ0) is 15.3. The van der Waals surface area contributed by atoms with E-state index in [0.29, 0.717) is 16.8 Å². The summed E-state index contributed by atoms with van der Waals surface area (Å²) in [5.41, 5.74) is 0. The molecule has 1 aliphatic heterocycles. The van der Waals surface area contributed by atoms with Crippen LogP contribution in [0, 0.1) is 6.92 Å². The van der Waals surface area contributed by atoms with E-state index in [1.54, 1.807) is 6.07 Å². The number of sulfonamides is 1. The molecule has 0 aliphatic carbocycles. The van der Waals surface area contributed by atoms with Crippen LogP contribution in [0.3, 0.4) is 0 Å². The Balaban J connectivity index is 1.68. The van der Waals surface area contributed by atoms with E-state index in [-0.39, 0.29) is 6.61 Å². The molecule has 2 heterocycles. The maximum absolute atomic E-state index is 12.0. The Labute approximate surface area is 131 Å². The minimum atomic E-state index is -3.34. The van der Waals surface area contributed by atoms with Gasteiger partial charge in [0.1, 0.15) is 4.21 Å². The Morgan fingerprint density at radius 2 is 2.24 bits per heavy atom. The van der Waals surface area contributed by atoms with Crippen molar-refractivity contribution in [2.45, 2.75) is 42.9 Å². The van der Waals surface area contributed by atoms with Gasteiger partial charge in [-0.25, -0.2) is 13.1 Å². The van der Waals surface area contributed by atoms with Crippen molar-refractivity contribution in [1.82, 2.24) is 9.62 Å². The Hall–Kier alpha value is -0.470. The molecule has 1 aromatic heterocycles. The monoisotopic (exact) mass is 332 g/mol. The van der Waals surface area contributed by atoms with Crippen LogP contribution in [0.2, 0.25) is 0 Å². The lowest BCUT2D eigenvalue weighted by molar-refractivity contribution is 0.157. The number of thiophene rings is 1. The summed E-state index contributed by atoms with van der Waals surface area (Å²) in [5.74, 6) is 0. The van der Waals surface area contributed by atoms with Crippen molar-refractivity contribution < 1.29 is 13.5 Å². The van der Waals surface area contributed by atoms with Crippen molar-refractivity contribution in [1.29, 1.82) is 0 Å². The van der Waals surface area contributed by atoms with Gasteiger partial charge >= 0.3 is 0 Å². The van der Waals surface area contributed by atoms with Crippen molar-refractivity contribution in [2.24, 2.45) is 0 Å². The average Bonchev–Trinajstić information content (AvgIpc) is 3.07. The van der Waals surface area contributed by atoms with Crippen LogP contribution in [-0.2, 0) is 10.0 Å². The fourth-order valence-corrected chi connectivity index (χ4v) is 5.07. The molecule has 1 unspecified atom stereocenters. The largest absolute Gasteiger partial charge is 0.395 e. The second kappa shape index (κ2) is 7.69. The second-order valence-electron chi connectivity index (χ2n) is 5.48. The molecule has 120 valence electrons. The molecule has 21 heavy (non-hydrogen) atoms. The summed E-state index contributed by atoms with van der Waals surface area (Å²) in [7, 11) is -3.34. The van der Waals surface area contributed by atoms with E-state index >= 15 is 0 Å². The molecule has 1 fully saturated rings. The van der Waals surface area contributed by atoms with Crippen LogP contribution in [0.25, 0.3) is 0 Å². The van der Waals surface area contributed by atoms with Crippen LogP contribution in [0.15, 0.2) is 16.3 Å². The number of nitrogens with zero attached hydrogens (tertiary/aromatic N) is 1. The smallest absolute Gasteiger partial charge is 0.250 e. The van der Waals surface area contributed by atoms with Gasteiger partial charge in [0.2, 0.25) is 10.0 Å². The number of hydrogen-bond acceptors (Lipinski definition) is 5. The molecule has 1 aliphatic rings. The fraction of sp³-hybridized carbons (Fsp3) is 0.714. The number of aryl methyl sites for hydroxylation is 1. The SMILES string of the molecule is Cc1ccc(S(=O)(=O)NCCCCN2CCCC2CO)s1. The van der Waals surface area contributed by atoms with Crippen LogP contribution >= 0.6 is 11.3 Å². The lowest BCUT2D eigenvalue weighted by atomic mass is 10.2. The van der Waals surface area contributed by atoms with Crippen LogP contribution in [0.4, 0.5) is 0 Å². The van der Waals surface area contributed by atoms with Gasteiger partial charge in [0, 0.05) is 17.5 Å². The van der Waals surface area contributed by atoms with E-state index in [4.69, 9.17) is 0 Å². The molecule has 0 bridgehead atoms. The third-order valence-corrected chi connectivity index (χ3v) is 6.81. The average molecular weight is 332 g/mol. The normalized spacial score (nSPS) is 20.2. The molecule has 0 aromatic carbocycles. The summed E-state index contributed by atoms with van der Waals surface area (Å²) >= 11 is 1.30. The molecular weight excluding hydrogens is 308 g/mol. The predicted molar refractivity (Wildman–Crippen MR) is 85.2 cm³/mol. The first kappa shape index (κ1) is 16.9. The topological polar surface area (TPSA) is 69.6 Å². The molecule has 1 aromatic rings. The molecular formula is C14H24N2O3S2. The highest BCUT2D eigenvalue weighted by molar-refractivity contribution is 7.91. The minimum Gasteiger partial charge on any atom is -0.395 e. The molecule has 2 N–H and O–H groups in total. The standard InChI is InChI=1S/C14H24N2O3S2/c1-12-6-7-14(20-12)21(18,19)15-8-2-3-9-16-10-4-5-13(16)11-17/h6-7,13,15,17H,2-5,8-11H2,1H3. The molecule has 0 amide bonds. The van der Waals surface area contributed by atoms with Gasteiger partial charge in [-0.05, 0) is 57.8 Å². The first-order valence-electron chi connectivity index (χ1n) is 7.44. The maximum atomic E-state index is 12.0. The van der Waals surface area contributed by atoms with Crippen molar-refractivity contribution in [3.8, 4) is 0 Å². The molecule has 2 rings (SSSR count). The van der Waals surface area contributed by atoms with Gasteiger partial charge in [0.25, 0.3) is 0 Å². The molecule has 7 heteroatoms. The lowest BCUT2D eigenvalue weighted by Crippen LogP contribution is -2.33. The third kappa shape index (κ3) is 4.75. The number of nitrogens with one attached hydrogen (secondary N) is 1.